The standard InChI is InChI=1S/C21H23N3O4/c1-3-6-17(21(26)27)23-20(25)16-7-4-5-8-18(16)28-13-15-12-24-11-14(2)9-10-19(24)22-15/h4-5,7-12,17H,3,6,13H2,1-2H3,(H,23,25)(H,26,27). The Morgan fingerprint density at radius 2 is 2.00 bits per heavy atom. The van der Waals surface area contributed by atoms with Crippen LogP contribution in [0.25, 0.3) is 5.65 Å². The monoisotopic (exact) mass is 381 g/mol. The predicted molar refractivity (Wildman–Crippen MR) is 105 cm³/mol. The third kappa shape index (κ3) is 4.49. The number of para-hydroxylation sites is 1. The minimum Gasteiger partial charge on any atom is -0.486 e. The number of benzene rings is 1. The summed E-state index contributed by atoms with van der Waals surface area (Å²) < 4.78 is 7.75. The van der Waals surface area contributed by atoms with Gasteiger partial charge in [0.2, 0.25) is 0 Å². The van der Waals surface area contributed by atoms with Gasteiger partial charge in [-0.05, 0) is 37.1 Å². The van der Waals surface area contributed by atoms with Crippen molar-refractivity contribution in [3.8, 4) is 5.75 Å². The molecule has 0 fully saturated rings. The molecule has 0 saturated heterocycles. The second-order valence-electron chi connectivity index (χ2n) is 6.64. The Labute approximate surface area is 163 Å². The van der Waals surface area contributed by atoms with Gasteiger partial charge in [0.15, 0.2) is 0 Å². The number of pyridine rings is 1. The molecule has 7 heteroatoms. The van der Waals surface area contributed by atoms with Crippen molar-refractivity contribution in [2.24, 2.45) is 0 Å². The Morgan fingerprint density at radius 1 is 1.21 bits per heavy atom. The molecule has 0 bridgehead atoms. The van der Waals surface area contributed by atoms with E-state index in [1.165, 1.54) is 0 Å². The molecular formula is C21H23N3O4. The molecule has 2 N–H and O–H groups in total. The fourth-order valence-corrected chi connectivity index (χ4v) is 2.94. The zero-order valence-corrected chi connectivity index (χ0v) is 15.9. The lowest BCUT2D eigenvalue weighted by Gasteiger charge is -2.15. The van der Waals surface area contributed by atoms with Crippen LogP contribution in [0.2, 0.25) is 0 Å². The van der Waals surface area contributed by atoms with Gasteiger partial charge in [0, 0.05) is 12.4 Å². The Balaban J connectivity index is 1.74. The van der Waals surface area contributed by atoms with E-state index in [1.807, 2.05) is 42.8 Å². The molecule has 0 radical (unpaired) electrons. The summed E-state index contributed by atoms with van der Waals surface area (Å²) in [4.78, 5) is 28.4. The Morgan fingerprint density at radius 3 is 2.75 bits per heavy atom. The number of nitrogens with zero attached hydrogens (tertiary/aromatic N) is 2. The summed E-state index contributed by atoms with van der Waals surface area (Å²) in [6, 6.07) is 9.77. The van der Waals surface area contributed by atoms with Crippen LogP contribution in [0.1, 0.15) is 41.4 Å². The van der Waals surface area contributed by atoms with Gasteiger partial charge in [-0.1, -0.05) is 31.5 Å². The van der Waals surface area contributed by atoms with Gasteiger partial charge in [0.25, 0.3) is 5.91 Å². The largest absolute Gasteiger partial charge is 0.486 e. The van der Waals surface area contributed by atoms with Crippen LogP contribution in [0.15, 0.2) is 48.8 Å². The molecule has 2 heterocycles. The highest BCUT2D eigenvalue weighted by molar-refractivity contribution is 5.98. The van der Waals surface area contributed by atoms with E-state index in [1.54, 1.807) is 24.3 Å². The molecule has 1 aromatic carbocycles. The highest BCUT2D eigenvalue weighted by atomic mass is 16.5. The number of carbonyl (C=O) groups excluding carboxylic acids is 1. The van der Waals surface area contributed by atoms with E-state index in [9.17, 15) is 14.7 Å². The molecule has 1 amide bonds. The molecule has 1 unspecified atom stereocenters. The number of aliphatic carboxylic acids is 1. The molecule has 0 spiro atoms. The molecule has 3 aromatic rings. The molecule has 0 aliphatic heterocycles. The number of carbonyl (C=O) groups is 2. The average molecular weight is 381 g/mol. The van der Waals surface area contributed by atoms with Crippen molar-refractivity contribution in [3.05, 3.63) is 65.6 Å². The van der Waals surface area contributed by atoms with Crippen molar-refractivity contribution in [3.63, 3.8) is 0 Å². The number of aryl methyl sites for hydroxylation is 1. The fourth-order valence-electron chi connectivity index (χ4n) is 2.94. The normalized spacial score (nSPS) is 11.9. The Bertz CT molecular complexity index is 996. The first-order valence-electron chi connectivity index (χ1n) is 9.17. The number of ether oxygens (including phenoxy) is 1. The van der Waals surface area contributed by atoms with Gasteiger partial charge in [0.05, 0.1) is 11.3 Å². The average Bonchev–Trinajstić information content (AvgIpc) is 3.08. The third-order valence-electron chi connectivity index (χ3n) is 4.34. The number of nitrogens with one attached hydrogen (secondary N) is 1. The minimum absolute atomic E-state index is 0.197. The van der Waals surface area contributed by atoms with Crippen LogP contribution in [-0.4, -0.2) is 32.4 Å². The first kappa shape index (κ1) is 19.4. The maximum Gasteiger partial charge on any atom is 0.326 e. The Kier molecular flexibility index (Phi) is 5.93. The first-order valence-corrected chi connectivity index (χ1v) is 9.17. The summed E-state index contributed by atoms with van der Waals surface area (Å²) in [5.41, 5.74) is 2.97. The zero-order chi connectivity index (χ0) is 20.1. The molecule has 7 nitrogen and oxygen atoms in total. The van der Waals surface area contributed by atoms with E-state index in [-0.39, 0.29) is 6.61 Å². The fraction of sp³-hybridized carbons (Fsp3) is 0.286. The molecule has 28 heavy (non-hydrogen) atoms. The summed E-state index contributed by atoms with van der Waals surface area (Å²) in [6.07, 6.45) is 4.88. The lowest BCUT2D eigenvalue weighted by molar-refractivity contribution is -0.139. The molecule has 3 rings (SSSR count). The van der Waals surface area contributed by atoms with E-state index < -0.39 is 17.9 Å². The van der Waals surface area contributed by atoms with E-state index >= 15 is 0 Å². The molecule has 146 valence electrons. The van der Waals surface area contributed by atoms with Gasteiger partial charge in [-0.2, -0.15) is 0 Å². The number of rotatable bonds is 8. The van der Waals surface area contributed by atoms with E-state index in [2.05, 4.69) is 10.3 Å². The van der Waals surface area contributed by atoms with E-state index in [0.29, 0.717) is 24.2 Å². The van der Waals surface area contributed by atoms with Crippen LogP contribution in [0, 0.1) is 6.92 Å². The zero-order valence-electron chi connectivity index (χ0n) is 15.9. The van der Waals surface area contributed by atoms with E-state index in [0.717, 1.165) is 16.9 Å². The van der Waals surface area contributed by atoms with E-state index in [4.69, 9.17) is 4.74 Å². The molecule has 2 aromatic heterocycles. The number of hydrogen-bond acceptors (Lipinski definition) is 4. The maximum absolute atomic E-state index is 12.6. The summed E-state index contributed by atoms with van der Waals surface area (Å²) >= 11 is 0. The highest BCUT2D eigenvalue weighted by Gasteiger charge is 2.21. The van der Waals surface area contributed by atoms with Gasteiger partial charge in [-0.15, -0.1) is 0 Å². The SMILES string of the molecule is CCCC(NC(=O)c1ccccc1OCc1cn2cc(C)ccc2n1)C(=O)O. The highest BCUT2D eigenvalue weighted by Crippen LogP contribution is 2.20. The number of aromatic nitrogens is 2. The van der Waals surface area contributed by atoms with Gasteiger partial charge in [-0.3, -0.25) is 4.79 Å². The van der Waals surface area contributed by atoms with Crippen LogP contribution in [0.3, 0.4) is 0 Å². The number of imidazole rings is 1. The number of hydrogen-bond donors (Lipinski definition) is 2. The van der Waals surface area contributed by atoms with Gasteiger partial charge >= 0.3 is 5.97 Å². The van der Waals surface area contributed by atoms with Gasteiger partial charge < -0.3 is 19.6 Å². The van der Waals surface area contributed by atoms with Crippen molar-refractivity contribution < 1.29 is 19.4 Å². The van der Waals surface area contributed by atoms with Crippen molar-refractivity contribution >= 4 is 17.5 Å². The molecule has 0 saturated carbocycles. The van der Waals surface area contributed by atoms with Crippen LogP contribution in [0.4, 0.5) is 0 Å². The lowest BCUT2D eigenvalue weighted by Crippen LogP contribution is -2.40. The maximum atomic E-state index is 12.6. The molecular weight excluding hydrogens is 358 g/mol. The Hall–Kier alpha value is -3.35. The predicted octanol–water partition coefficient (Wildman–Crippen LogP) is 3.20. The number of carboxylic acids is 1. The van der Waals surface area contributed by atoms with Crippen molar-refractivity contribution in [2.45, 2.75) is 39.3 Å². The summed E-state index contributed by atoms with van der Waals surface area (Å²) in [5.74, 6) is -1.13. The lowest BCUT2D eigenvalue weighted by atomic mass is 10.1. The second-order valence-corrected chi connectivity index (χ2v) is 6.64. The third-order valence-corrected chi connectivity index (χ3v) is 4.34. The summed E-state index contributed by atoms with van der Waals surface area (Å²) in [5, 5.41) is 11.8. The number of fused-ring (bicyclic) bond motifs is 1. The topological polar surface area (TPSA) is 92.9 Å². The number of carboxylic acid groups (broad SMARTS) is 1. The molecule has 1 atom stereocenters. The van der Waals surface area contributed by atoms with Crippen LogP contribution >= 0.6 is 0 Å². The second kappa shape index (κ2) is 8.56. The van der Waals surface area contributed by atoms with Crippen LogP contribution < -0.4 is 10.1 Å². The van der Waals surface area contributed by atoms with Gasteiger partial charge in [0.1, 0.15) is 24.0 Å². The molecule has 0 aliphatic carbocycles. The van der Waals surface area contributed by atoms with Crippen molar-refractivity contribution in [1.82, 2.24) is 14.7 Å². The number of amides is 1. The summed E-state index contributed by atoms with van der Waals surface area (Å²) in [6.45, 7) is 4.07. The van der Waals surface area contributed by atoms with Crippen molar-refractivity contribution in [1.29, 1.82) is 0 Å². The smallest absolute Gasteiger partial charge is 0.326 e. The minimum atomic E-state index is -1.05. The van der Waals surface area contributed by atoms with Crippen LogP contribution in [0.5, 0.6) is 5.75 Å². The quantitative estimate of drug-likeness (QED) is 0.625. The molecule has 0 aliphatic rings. The van der Waals surface area contributed by atoms with Crippen molar-refractivity contribution in [2.75, 3.05) is 0 Å². The summed E-state index contributed by atoms with van der Waals surface area (Å²) in [7, 11) is 0. The van der Waals surface area contributed by atoms with Gasteiger partial charge in [-0.25, -0.2) is 9.78 Å². The van der Waals surface area contributed by atoms with Crippen LogP contribution in [-0.2, 0) is 11.4 Å². The first-order chi connectivity index (χ1) is 13.5.